The van der Waals surface area contributed by atoms with Crippen molar-refractivity contribution in [3.8, 4) is 0 Å². The van der Waals surface area contributed by atoms with Crippen LogP contribution in [0.5, 0.6) is 0 Å². The fraction of sp³-hybridized carbons (Fsp3) is 0.611. The highest BCUT2D eigenvalue weighted by Gasteiger charge is 2.22. The third kappa shape index (κ3) is 6.95. The van der Waals surface area contributed by atoms with Crippen LogP contribution in [0.15, 0.2) is 34.2 Å². The maximum atomic E-state index is 12.3. The summed E-state index contributed by atoms with van der Waals surface area (Å²) in [4.78, 5) is 7.27. The Balaban J connectivity index is 1.82. The van der Waals surface area contributed by atoms with E-state index < -0.39 is 10.0 Å². The average Bonchev–Trinajstić information content (AvgIpc) is 3.10. The van der Waals surface area contributed by atoms with E-state index in [0.29, 0.717) is 23.6 Å². The number of sulfonamides is 1. The zero-order valence-electron chi connectivity index (χ0n) is 16.0. The van der Waals surface area contributed by atoms with Gasteiger partial charge in [-0.05, 0) is 51.1 Å². The topological polar surface area (TPSA) is 85.8 Å². The number of likely N-dealkylation sites (tertiary alicyclic amines) is 1. The molecular formula is C18H30ClN5O2S. The van der Waals surface area contributed by atoms with Crippen LogP contribution in [0.4, 0.5) is 0 Å². The summed E-state index contributed by atoms with van der Waals surface area (Å²) >= 11 is 5.87. The maximum Gasteiger partial charge on any atom is 0.240 e. The Hall–Kier alpha value is -1.35. The monoisotopic (exact) mass is 415 g/mol. The molecule has 1 atom stereocenters. The van der Waals surface area contributed by atoms with Crippen LogP contribution < -0.4 is 15.4 Å². The van der Waals surface area contributed by atoms with Gasteiger partial charge in [0.05, 0.1) is 11.4 Å². The molecule has 7 nitrogen and oxygen atoms in total. The zero-order chi connectivity index (χ0) is 19.7. The van der Waals surface area contributed by atoms with Crippen LogP contribution in [-0.4, -0.2) is 64.6 Å². The predicted octanol–water partition coefficient (Wildman–Crippen LogP) is 1.66. The lowest BCUT2D eigenvalue weighted by Gasteiger charge is -2.21. The van der Waals surface area contributed by atoms with Gasteiger partial charge in [-0.15, -0.1) is 0 Å². The fourth-order valence-electron chi connectivity index (χ4n) is 3.14. The lowest BCUT2D eigenvalue weighted by molar-refractivity contribution is 0.273. The van der Waals surface area contributed by atoms with Gasteiger partial charge in [-0.25, -0.2) is 13.1 Å². The Kier molecular flexibility index (Phi) is 8.82. The first-order valence-electron chi connectivity index (χ1n) is 9.47. The summed E-state index contributed by atoms with van der Waals surface area (Å²) in [7, 11) is -3.57. The minimum Gasteiger partial charge on any atom is -0.357 e. The van der Waals surface area contributed by atoms with Gasteiger partial charge in [0.1, 0.15) is 0 Å². The maximum absolute atomic E-state index is 12.3. The molecule has 2 rings (SSSR count). The SMILES string of the molecule is CCNC(=NCC1CCCN1CC)NCCNS(=O)(=O)c1cccc(Cl)c1. The van der Waals surface area contributed by atoms with Crippen LogP contribution in [0.2, 0.25) is 5.02 Å². The molecule has 3 N–H and O–H groups in total. The van der Waals surface area contributed by atoms with E-state index in [1.165, 1.54) is 25.0 Å². The number of halogens is 1. The van der Waals surface area contributed by atoms with Crippen LogP contribution in [0.3, 0.4) is 0 Å². The van der Waals surface area contributed by atoms with Crippen molar-refractivity contribution in [1.82, 2.24) is 20.3 Å². The first-order chi connectivity index (χ1) is 13.0. The molecule has 1 heterocycles. The number of hydrogen-bond acceptors (Lipinski definition) is 4. The van der Waals surface area contributed by atoms with Crippen LogP contribution >= 0.6 is 11.6 Å². The molecule has 1 fully saturated rings. The van der Waals surface area contributed by atoms with Gasteiger partial charge in [0.15, 0.2) is 5.96 Å². The van der Waals surface area contributed by atoms with Crippen molar-refractivity contribution < 1.29 is 8.42 Å². The third-order valence-corrected chi connectivity index (χ3v) is 6.22. The Bertz CT molecular complexity index is 726. The molecule has 0 spiro atoms. The summed E-state index contributed by atoms with van der Waals surface area (Å²) in [6, 6.07) is 6.71. The van der Waals surface area contributed by atoms with E-state index in [1.807, 2.05) is 6.92 Å². The summed E-state index contributed by atoms with van der Waals surface area (Å²) in [5.41, 5.74) is 0. The van der Waals surface area contributed by atoms with Crippen molar-refractivity contribution in [2.75, 3.05) is 39.3 Å². The van der Waals surface area contributed by atoms with Crippen molar-refractivity contribution in [1.29, 1.82) is 0 Å². The van der Waals surface area contributed by atoms with Crippen molar-refractivity contribution >= 4 is 27.6 Å². The molecule has 1 aliphatic heterocycles. The smallest absolute Gasteiger partial charge is 0.240 e. The van der Waals surface area contributed by atoms with E-state index in [2.05, 4.69) is 32.2 Å². The normalized spacial score (nSPS) is 18.6. The minimum atomic E-state index is -3.57. The largest absolute Gasteiger partial charge is 0.357 e. The molecule has 1 unspecified atom stereocenters. The van der Waals surface area contributed by atoms with Crippen LogP contribution in [0.25, 0.3) is 0 Å². The van der Waals surface area contributed by atoms with Gasteiger partial charge in [-0.1, -0.05) is 24.6 Å². The van der Waals surface area contributed by atoms with Gasteiger partial charge in [-0.3, -0.25) is 9.89 Å². The van der Waals surface area contributed by atoms with Crippen LogP contribution in [-0.2, 0) is 10.0 Å². The molecule has 9 heteroatoms. The molecule has 0 radical (unpaired) electrons. The van der Waals surface area contributed by atoms with Crippen molar-refractivity contribution in [2.24, 2.45) is 4.99 Å². The predicted molar refractivity (Wildman–Crippen MR) is 111 cm³/mol. The first-order valence-corrected chi connectivity index (χ1v) is 11.3. The third-order valence-electron chi connectivity index (χ3n) is 4.53. The molecule has 1 aliphatic rings. The van der Waals surface area contributed by atoms with E-state index >= 15 is 0 Å². The molecule has 1 aromatic carbocycles. The second-order valence-corrected chi connectivity index (χ2v) is 8.63. The Labute approximate surface area is 167 Å². The van der Waals surface area contributed by atoms with E-state index in [1.54, 1.807) is 12.1 Å². The molecule has 1 aromatic rings. The lowest BCUT2D eigenvalue weighted by Crippen LogP contribution is -2.42. The molecule has 0 aromatic heterocycles. The second kappa shape index (κ2) is 10.8. The summed E-state index contributed by atoms with van der Waals surface area (Å²) in [5.74, 6) is 0.711. The number of nitrogens with zero attached hydrogens (tertiary/aromatic N) is 2. The van der Waals surface area contributed by atoms with Crippen molar-refractivity contribution in [3.05, 3.63) is 29.3 Å². The van der Waals surface area contributed by atoms with Gasteiger partial charge < -0.3 is 10.6 Å². The summed E-state index contributed by atoms with van der Waals surface area (Å²) in [6.45, 7) is 8.57. The second-order valence-electron chi connectivity index (χ2n) is 6.43. The van der Waals surface area contributed by atoms with Gasteiger partial charge in [0.25, 0.3) is 0 Å². The molecule has 27 heavy (non-hydrogen) atoms. The van der Waals surface area contributed by atoms with Crippen molar-refractivity contribution in [3.63, 3.8) is 0 Å². The van der Waals surface area contributed by atoms with E-state index in [9.17, 15) is 8.42 Å². The van der Waals surface area contributed by atoms with Crippen molar-refractivity contribution in [2.45, 2.75) is 37.6 Å². The van der Waals surface area contributed by atoms with E-state index in [4.69, 9.17) is 11.6 Å². The van der Waals surface area contributed by atoms with E-state index in [0.717, 1.165) is 26.2 Å². The summed E-state index contributed by atoms with van der Waals surface area (Å²) in [6.07, 6.45) is 2.40. The molecule has 0 amide bonds. The number of benzene rings is 1. The Morgan fingerprint density at radius 3 is 2.81 bits per heavy atom. The zero-order valence-corrected chi connectivity index (χ0v) is 17.6. The van der Waals surface area contributed by atoms with Gasteiger partial charge in [0.2, 0.25) is 10.0 Å². The summed E-state index contributed by atoms with van der Waals surface area (Å²) < 4.78 is 27.1. The first kappa shape index (κ1) is 21.9. The Morgan fingerprint density at radius 2 is 2.11 bits per heavy atom. The number of rotatable bonds is 9. The van der Waals surface area contributed by atoms with Gasteiger partial charge >= 0.3 is 0 Å². The lowest BCUT2D eigenvalue weighted by atomic mass is 10.2. The number of likely N-dealkylation sites (N-methyl/N-ethyl adjacent to an activating group) is 1. The fourth-order valence-corrected chi connectivity index (χ4v) is 4.47. The standard InChI is InChI=1S/C18H30ClN5O2S/c1-3-20-18(22-14-16-8-6-12-24(16)4-2)21-10-11-23-27(25,26)17-9-5-7-15(19)13-17/h5,7,9,13,16,23H,3-4,6,8,10-12,14H2,1-2H3,(H2,20,21,22). The highest BCUT2D eigenvalue weighted by molar-refractivity contribution is 7.89. The Morgan fingerprint density at radius 1 is 1.30 bits per heavy atom. The highest BCUT2D eigenvalue weighted by atomic mass is 35.5. The minimum absolute atomic E-state index is 0.163. The average molecular weight is 416 g/mol. The molecule has 152 valence electrons. The van der Waals surface area contributed by atoms with Crippen LogP contribution in [0.1, 0.15) is 26.7 Å². The molecule has 1 saturated heterocycles. The molecule has 0 saturated carbocycles. The number of nitrogens with one attached hydrogen (secondary N) is 3. The highest BCUT2D eigenvalue weighted by Crippen LogP contribution is 2.16. The van der Waals surface area contributed by atoms with Gasteiger partial charge in [0, 0.05) is 30.7 Å². The summed E-state index contributed by atoms with van der Waals surface area (Å²) in [5, 5.41) is 6.78. The van der Waals surface area contributed by atoms with Gasteiger partial charge in [-0.2, -0.15) is 0 Å². The number of guanidine groups is 1. The van der Waals surface area contributed by atoms with Crippen LogP contribution in [0, 0.1) is 0 Å². The number of aliphatic imine (C=N–C) groups is 1. The molecule has 0 bridgehead atoms. The van der Waals surface area contributed by atoms with E-state index in [-0.39, 0.29) is 11.4 Å². The molecular weight excluding hydrogens is 386 g/mol. The number of hydrogen-bond donors (Lipinski definition) is 3. The quantitative estimate of drug-likeness (QED) is 0.324. The molecule has 0 aliphatic carbocycles.